The van der Waals surface area contributed by atoms with Crippen molar-refractivity contribution in [2.75, 3.05) is 33.5 Å². The van der Waals surface area contributed by atoms with Gasteiger partial charge in [0.1, 0.15) is 36.0 Å². The summed E-state index contributed by atoms with van der Waals surface area (Å²) in [5.41, 5.74) is 1.15. The number of hydrogen-bond acceptors (Lipinski definition) is 10. The van der Waals surface area contributed by atoms with Crippen LogP contribution in [0.5, 0.6) is 5.75 Å². The Morgan fingerprint density at radius 3 is 2.24 bits per heavy atom. The molecule has 3 aliphatic heterocycles. The van der Waals surface area contributed by atoms with Gasteiger partial charge in [0, 0.05) is 44.3 Å². The third kappa shape index (κ3) is 13.1. The number of likely N-dealkylation sites (N-methyl/N-ethyl adjacent to an activating group) is 2. The van der Waals surface area contributed by atoms with Gasteiger partial charge in [0.25, 0.3) is 0 Å². The van der Waals surface area contributed by atoms with Gasteiger partial charge in [-0.2, -0.15) is 0 Å². The van der Waals surface area contributed by atoms with Crippen LogP contribution in [0.1, 0.15) is 113 Å². The molecule has 62 heavy (non-hydrogen) atoms. The van der Waals surface area contributed by atoms with Crippen molar-refractivity contribution in [3.8, 4) is 5.75 Å². The number of thioether (sulfide) groups is 1. The first-order valence-corrected chi connectivity index (χ1v) is 23.6. The molecule has 11 atom stereocenters. The highest BCUT2D eigenvalue weighted by Crippen LogP contribution is 2.34. The van der Waals surface area contributed by atoms with Gasteiger partial charge in [0.2, 0.25) is 23.6 Å². The first-order valence-electron chi connectivity index (χ1n) is 22.6. The minimum absolute atomic E-state index is 0.000217. The predicted octanol–water partition coefficient (Wildman–Crippen LogP) is 6.30. The summed E-state index contributed by atoms with van der Waals surface area (Å²) in [6.45, 7) is 20.2. The average molecular weight is 882 g/mol. The Bertz CT molecular complexity index is 1800. The molecule has 4 amide bonds. The first-order chi connectivity index (χ1) is 29.1. The number of methoxy groups -OCH3 is 1. The zero-order chi connectivity index (χ0) is 46.2. The zero-order valence-electron chi connectivity index (χ0n) is 39.6. The molecule has 1 saturated heterocycles. The number of esters is 1. The number of nitrogens with zero attached hydrogens (tertiary/aromatic N) is 4. The van der Waals surface area contributed by atoms with Gasteiger partial charge >= 0.3 is 5.97 Å². The van der Waals surface area contributed by atoms with Gasteiger partial charge < -0.3 is 34.6 Å². The quantitative estimate of drug-likeness (QED) is 0.300. The van der Waals surface area contributed by atoms with Gasteiger partial charge in [-0.15, -0.1) is 11.8 Å². The fourth-order valence-corrected chi connectivity index (χ4v) is 10.2. The molecule has 2 unspecified atom stereocenters. The third-order valence-electron chi connectivity index (χ3n) is 13.1. The molecular formula is C48H75N5O8S. The van der Waals surface area contributed by atoms with Gasteiger partial charge in [-0.25, -0.2) is 4.79 Å². The maximum absolute atomic E-state index is 14.7. The molecule has 346 valence electrons. The van der Waals surface area contributed by atoms with E-state index in [2.05, 4.69) is 39.9 Å². The van der Waals surface area contributed by atoms with Gasteiger partial charge in [0.15, 0.2) is 0 Å². The molecule has 0 radical (unpaired) electrons. The van der Waals surface area contributed by atoms with Crippen molar-refractivity contribution >= 4 is 46.4 Å². The summed E-state index contributed by atoms with van der Waals surface area (Å²) in [7, 11) is 4.69. The van der Waals surface area contributed by atoms with Crippen LogP contribution in [0.2, 0.25) is 0 Å². The van der Waals surface area contributed by atoms with E-state index >= 15 is 0 Å². The van der Waals surface area contributed by atoms with E-state index in [-0.39, 0.29) is 47.5 Å². The maximum Gasteiger partial charge on any atom is 0.329 e. The van der Waals surface area contributed by atoms with E-state index in [1.54, 1.807) is 62.9 Å². The van der Waals surface area contributed by atoms with Crippen molar-refractivity contribution in [3.05, 3.63) is 41.5 Å². The van der Waals surface area contributed by atoms with Crippen LogP contribution < -0.4 is 10.1 Å². The number of aliphatic imine (C=N–C) groups is 1. The Morgan fingerprint density at radius 1 is 0.968 bits per heavy atom. The molecule has 0 aliphatic carbocycles. The van der Waals surface area contributed by atoms with E-state index in [4.69, 9.17) is 14.5 Å². The van der Waals surface area contributed by atoms with E-state index in [1.807, 2.05) is 32.9 Å². The highest BCUT2D eigenvalue weighted by atomic mass is 32.2. The molecule has 14 heteroatoms. The fourth-order valence-electron chi connectivity index (χ4n) is 9.07. The maximum atomic E-state index is 14.7. The number of ether oxygens (including phenoxy) is 2. The molecule has 0 spiro atoms. The van der Waals surface area contributed by atoms with Crippen LogP contribution in [0.15, 0.2) is 40.9 Å². The van der Waals surface area contributed by atoms with Crippen molar-refractivity contribution in [3.63, 3.8) is 0 Å². The fraction of sp³-hybridized carbons (Fsp3) is 0.708. The lowest BCUT2D eigenvalue weighted by Gasteiger charge is -2.39. The Kier molecular flexibility index (Phi) is 18.1. The molecule has 3 aliphatic rings. The van der Waals surface area contributed by atoms with E-state index in [0.29, 0.717) is 55.7 Å². The monoisotopic (exact) mass is 882 g/mol. The molecule has 0 aromatic heterocycles. The smallest absolute Gasteiger partial charge is 0.329 e. The predicted molar refractivity (Wildman–Crippen MR) is 246 cm³/mol. The molecule has 3 heterocycles. The number of aliphatic hydroxyl groups is 1. The van der Waals surface area contributed by atoms with Crippen LogP contribution in [0.25, 0.3) is 0 Å². The van der Waals surface area contributed by atoms with E-state index < -0.39 is 60.1 Å². The molecule has 4 rings (SSSR count). The summed E-state index contributed by atoms with van der Waals surface area (Å²) in [4.78, 5) is 81.0. The lowest BCUT2D eigenvalue weighted by molar-refractivity contribution is -0.164. The molecular weight excluding hydrogens is 807 g/mol. The van der Waals surface area contributed by atoms with Crippen LogP contribution in [0.3, 0.4) is 0 Å². The molecule has 0 saturated carbocycles. The number of benzene rings is 1. The molecule has 13 nitrogen and oxygen atoms in total. The molecule has 1 aromatic rings. The Labute approximate surface area is 375 Å². The lowest BCUT2D eigenvalue weighted by atomic mass is 9.80. The Morgan fingerprint density at radius 2 is 1.63 bits per heavy atom. The highest BCUT2D eigenvalue weighted by Gasteiger charge is 2.44. The third-order valence-corrected chi connectivity index (χ3v) is 14.4. The summed E-state index contributed by atoms with van der Waals surface area (Å²) in [6, 6.07) is 3.19. The average Bonchev–Trinajstić information content (AvgIpc) is 3.91. The zero-order valence-corrected chi connectivity index (χ0v) is 40.4. The normalized spacial score (nSPS) is 31.2. The SMILES string of the molecule is CC[C@H](C)[C@H]1C(=O)N2CCC[C@H]2C(=O)OC(C(C)CC(C)(C)C)C[C@@H](C)C[C@H](O)[C@H](C)C2=N[C@@H](/C=C(\C)C(=O)N[C@@H](Cc3ccc(OC)cc3)C(=O)N(C)[C@@H](C)C(=O)N1C)CS2. The number of amides is 4. The largest absolute Gasteiger partial charge is 0.497 e. The van der Waals surface area contributed by atoms with Gasteiger partial charge in [0.05, 0.1) is 24.3 Å². The molecule has 1 fully saturated rings. The second kappa shape index (κ2) is 22.1. The summed E-state index contributed by atoms with van der Waals surface area (Å²) in [6.07, 6.45) is 4.29. The van der Waals surface area contributed by atoms with Crippen molar-refractivity contribution in [2.45, 2.75) is 157 Å². The first kappa shape index (κ1) is 50.7. The topological polar surface area (TPSA) is 158 Å². The van der Waals surface area contributed by atoms with Crippen molar-refractivity contribution in [2.24, 2.45) is 34.1 Å². The second-order valence-electron chi connectivity index (χ2n) is 19.5. The summed E-state index contributed by atoms with van der Waals surface area (Å²) < 4.78 is 11.8. The number of hydrogen-bond donors (Lipinski definition) is 2. The van der Waals surface area contributed by atoms with Gasteiger partial charge in [-0.05, 0) is 86.8 Å². The van der Waals surface area contributed by atoms with E-state index in [9.17, 15) is 29.1 Å². The Balaban J connectivity index is 1.75. The number of fused-ring (bicyclic) bond motifs is 2. The highest BCUT2D eigenvalue weighted by molar-refractivity contribution is 8.14. The summed E-state index contributed by atoms with van der Waals surface area (Å²) in [5, 5.41) is 15.3. The van der Waals surface area contributed by atoms with Crippen LogP contribution >= 0.6 is 11.8 Å². The standard InChI is InChI=1S/C48H75N5O8S/c1-14-29(3)41-46(58)53-21-15-16-38(53)47(59)61-40(31(5)26-48(8,9)10)23-28(2)22-39(54)32(6)43-49-35(27-62-43)24-30(4)42(55)50-37(25-34-17-19-36(60-13)20-18-34)45(57)51(11)33(7)44(56)52(41)12/h17-20,24,28-29,31-33,35,37-41,54H,14-16,21-23,25-27H2,1-13H3,(H,50,55)/b30-24+/t28-,29-,31?,32-,33-,35-,37-,38-,39-,40?,41-/m0/s1. The minimum atomic E-state index is -1.04. The molecule has 2 bridgehead atoms. The van der Waals surface area contributed by atoms with Crippen LogP contribution in [0, 0.1) is 29.1 Å². The van der Waals surface area contributed by atoms with Gasteiger partial charge in [-0.1, -0.05) is 80.0 Å². The summed E-state index contributed by atoms with van der Waals surface area (Å²) in [5.74, 6) is -1.37. The molecule has 2 N–H and O–H groups in total. The summed E-state index contributed by atoms with van der Waals surface area (Å²) >= 11 is 1.57. The number of carbonyl (C=O) groups excluding carboxylic acids is 5. The number of aliphatic hydroxyl groups excluding tert-OH is 1. The van der Waals surface area contributed by atoms with Crippen LogP contribution in [-0.2, 0) is 35.1 Å². The number of rotatable bonds is 7. The molecule has 1 aromatic carbocycles. The van der Waals surface area contributed by atoms with Crippen molar-refractivity contribution < 1.29 is 38.6 Å². The second-order valence-corrected chi connectivity index (χ2v) is 20.6. The lowest BCUT2D eigenvalue weighted by Crippen LogP contribution is -2.59. The minimum Gasteiger partial charge on any atom is -0.497 e. The van der Waals surface area contributed by atoms with Crippen LogP contribution in [0.4, 0.5) is 0 Å². The number of cyclic esters (lactones) is 1. The number of nitrogens with one attached hydrogen (secondary N) is 1. The Hall–Kier alpha value is -3.91. The van der Waals surface area contributed by atoms with E-state index in [0.717, 1.165) is 17.0 Å². The van der Waals surface area contributed by atoms with Crippen LogP contribution in [-0.4, -0.2) is 130 Å². The van der Waals surface area contributed by atoms with E-state index in [1.165, 1.54) is 16.8 Å². The van der Waals surface area contributed by atoms with Crippen molar-refractivity contribution in [1.29, 1.82) is 0 Å². The number of carbonyl (C=O) groups is 5. The van der Waals surface area contributed by atoms with Crippen molar-refractivity contribution in [1.82, 2.24) is 20.0 Å². The van der Waals surface area contributed by atoms with Gasteiger partial charge in [-0.3, -0.25) is 24.2 Å².